The molecule has 11 nitrogen and oxygen atoms in total. The zero-order valence-electron chi connectivity index (χ0n) is 24.8. The number of pyridine rings is 3. The fourth-order valence-electron chi connectivity index (χ4n) is 6.55. The number of piperazine rings is 1. The topological polar surface area (TPSA) is 92.9 Å². The number of piperidine rings is 1. The first-order valence-electron chi connectivity index (χ1n) is 15.0. The van der Waals surface area contributed by atoms with E-state index in [0.717, 1.165) is 86.3 Å². The normalized spacial score (nSPS) is 20.9. The van der Waals surface area contributed by atoms with Crippen LogP contribution in [0.1, 0.15) is 17.5 Å². The van der Waals surface area contributed by atoms with Crippen LogP contribution in [0.25, 0.3) is 16.6 Å². The molecule has 4 saturated heterocycles. The van der Waals surface area contributed by atoms with Gasteiger partial charge in [0.15, 0.2) is 0 Å². The van der Waals surface area contributed by atoms with Crippen LogP contribution in [0.2, 0.25) is 0 Å². The molecular weight excluding hydrogens is 544 g/mol. The van der Waals surface area contributed by atoms with Crippen molar-refractivity contribution >= 4 is 17.5 Å². The van der Waals surface area contributed by atoms with Crippen LogP contribution in [-0.4, -0.2) is 114 Å². The highest BCUT2D eigenvalue weighted by Gasteiger charge is 2.45. The fourth-order valence-corrected chi connectivity index (χ4v) is 6.55. The van der Waals surface area contributed by atoms with Gasteiger partial charge in [-0.15, -0.1) is 0 Å². The molecule has 4 aromatic rings. The molecule has 0 aromatic carbocycles. The lowest BCUT2D eigenvalue weighted by Gasteiger charge is -2.57. The number of methoxy groups -OCH3 is 1. The zero-order valence-corrected chi connectivity index (χ0v) is 24.8. The van der Waals surface area contributed by atoms with E-state index in [0.29, 0.717) is 24.6 Å². The number of fused-ring (bicyclic) bond motifs is 3. The van der Waals surface area contributed by atoms with Gasteiger partial charge in [-0.25, -0.2) is 14.5 Å². The molecule has 0 aliphatic carbocycles. The predicted octanol–water partition coefficient (Wildman–Crippen LogP) is 3.02. The summed E-state index contributed by atoms with van der Waals surface area (Å²) in [7, 11) is 3.42. The van der Waals surface area contributed by atoms with Gasteiger partial charge in [-0.1, -0.05) is 6.07 Å². The molecule has 0 N–H and O–H groups in total. The number of aromatic nitrogens is 4. The van der Waals surface area contributed by atoms with Crippen LogP contribution in [0, 0.1) is 0 Å². The molecule has 2 atom stereocenters. The standard InChI is InChI=1S/C32H38N8O3/c1-33-16-25-18-36-39-22-28(43-12-9-37-7-10-42-11-8-37)14-29(32(25)39)24-4-5-30(34-17-24)40-26-13-27(40)21-38(20-26)19-23-3-6-31(41-2)35-15-23/h3-6,14-18,22,26-27H,7-13,19-21H2,1-2H3. The molecule has 8 rings (SSSR count). The monoisotopic (exact) mass is 582 g/mol. The van der Waals surface area contributed by atoms with Crippen molar-refractivity contribution in [1.29, 1.82) is 0 Å². The van der Waals surface area contributed by atoms with Gasteiger partial charge in [-0.2, -0.15) is 5.10 Å². The molecule has 2 bridgehead atoms. The maximum absolute atomic E-state index is 6.23. The third-order valence-corrected chi connectivity index (χ3v) is 8.67. The summed E-state index contributed by atoms with van der Waals surface area (Å²) < 4.78 is 18.8. The van der Waals surface area contributed by atoms with Gasteiger partial charge in [-0.05, 0) is 30.2 Å². The van der Waals surface area contributed by atoms with Crippen molar-refractivity contribution in [3.63, 3.8) is 0 Å². The molecule has 0 radical (unpaired) electrons. The van der Waals surface area contributed by atoms with Gasteiger partial charge < -0.3 is 19.1 Å². The van der Waals surface area contributed by atoms with Gasteiger partial charge in [0.1, 0.15) is 18.2 Å². The number of hydrogen-bond acceptors (Lipinski definition) is 10. The van der Waals surface area contributed by atoms with Crippen molar-refractivity contribution in [2.24, 2.45) is 4.99 Å². The van der Waals surface area contributed by atoms with Crippen molar-refractivity contribution in [3.05, 3.63) is 66.2 Å². The Labute approximate surface area is 251 Å². The van der Waals surface area contributed by atoms with Gasteiger partial charge >= 0.3 is 0 Å². The molecule has 8 heterocycles. The quantitative estimate of drug-likeness (QED) is 0.262. The second kappa shape index (κ2) is 12.3. The largest absolute Gasteiger partial charge is 0.491 e. The zero-order chi connectivity index (χ0) is 29.2. The Hall–Kier alpha value is -4.06. The van der Waals surface area contributed by atoms with E-state index in [4.69, 9.17) is 19.2 Å². The summed E-state index contributed by atoms with van der Waals surface area (Å²) in [6, 6.07) is 11.4. The van der Waals surface area contributed by atoms with E-state index in [2.05, 4.69) is 54.0 Å². The Kier molecular flexibility index (Phi) is 7.92. The molecule has 0 amide bonds. The van der Waals surface area contributed by atoms with Crippen LogP contribution in [-0.2, 0) is 11.3 Å². The van der Waals surface area contributed by atoms with Crippen LogP contribution in [0.15, 0.2) is 60.1 Å². The summed E-state index contributed by atoms with van der Waals surface area (Å²) in [5.74, 6) is 2.47. The average molecular weight is 583 g/mol. The van der Waals surface area contributed by atoms with Crippen LogP contribution in [0.4, 0.5) is 5.82 Å². The second-order valence-electron chi connectivity index (χ2n) is 11.4. The summed E-state index contributed by atoms with van der Waals surface area (Å²) in [4.78, 5) is 21.0. The minimum Gasteiger partial charge on any atom is -0.491 e. The lowest BCUT2D eigenvalue weighted by atomic mass is 9.87. The smallest absolute Gasteiger partial charge is 0.212 e. The van der Waals surface area contributed by atoms with Crippen LogP contribution < -0.4 is 14.4 Å². The molecular formula is C32H38N8O3. The average Bonchev–Trinajstić information content (AvgIpc) is 3.45. The maximum atomic E-state index is 6.23. The van der Waals surface area contributed by atoms with Crippen molar-refractivity contribution in [2.45, 2.75) is 25.0 Å². The molecule has 4 fully saturated rings. The van der Waals surface area contributed by atoms with Gasteiger partial charge in [0.05, 0.1) is 38.2 Å². The van der Waals surface area contributed by atoms with E-state index in [-0.39, 0.29) is 0 Å². The minimum absolute atomic E-state index is 0.473. The van der Waals surface area contributed by atoms with E-state index < -0.39 is 0 Å². The van der Waals surface area contributed by atoms with E-state index in [1.54, 1.807) is 14.2 Å². The van der Waals surface area contributed by atoms with Crippen LogP contribution in [0.5, 0.6) is 11.6 Å². The van der Waals surface area contributed by atoms with Crippen molar-refractivity contribution < 1.29 is 14.2 Å². The number of anilines is 1. The Bertz CT molecular complexity index is 1550. The fraction of sp³-hybridized carbons (Fsp3) is 0.438. The SMILES string of the molecule is CN=Cc1cnn2cc(OCCN3CCOCC3)cc(-c3ccc(N4C5CC4CN(Cc4ccc(OC)nc4)C5)nc3)c12. The van der Waals surface area contributed by atoms with Crippen LogP contribution >= 0.6 is 0 Å². The Morgan fingerprint density at radius 2 is 1.88 bits per heavy atom. The number of rotatable bonds is 10. The second-order valence-corrected chi connectivity index (χ2v) is 11.4. The van der Waals surface area contributed by atoms with E-state index >= 15 is 0 Å². The number of ether oxygens (including phenoxy) is 3. The lowest BCUT2D eigenvalue weighted by Crippen LogP contribution is -2.69. The molecule has 4 aliphatic heterocycles. The number of hydrogen-bond donors (Lipinski definition) is 0. The molecule has 0 saturated carbocycles. The Morgan fingerprint density at radius 1 is 1.02 bits per heavy atom. The minimum atomic E-state index is 0.473. The predicted molar refractivity (Wildman–Crippen MR) is 165 cm³/mol. The maximum Gasteiger partial charge on any atom is 0.212 e. The molecule has 43 heavy (non-hydrogen) atoms. The molecule has 2 unspecified atom stereocenters. The van der Waals surface area contributed by atoms with Gasteiger partial charge in [0.25, 0.3) is 0 Å². The summed E-state index contributed by atoms with van der Waals surface area (Å²) >= 11 is 0. The Morgan fingerprint density at radius 3 is 2.60 bits per heavy atom. The molecule has 4 aromatic heterocycles. The summed E-state index contributed by atoms with van der Waals surface area (Å²) in [6.07, 6.45) is 10.7. The summed E-state index contributed by atoms with van der Waals surface area (Å²) in [6.45, 7) is 7.88. The first kappa shape index (κ1) is 27.8. The van der Waals surface area contributed by atoms with Crippen molar-refractivity contribution in [1.82, 2.24) is 29.4 Å². The molecule has 4 aliphatic rings. The van der Waals surface area contributed by atoms with Gasteiger partial charge in [0.2, 0.25) is 5.88 Å². The Balaban J connectivity index is 1.06. The molecule has 224 valence electrons. The lowest BCUT2D eigenvalue weighted by molar-refractivity contribution is 0.0322. The van der Waals surface area contributed by atoms with E-state index in [1.165, 1.54) is 12.0 Å². The third-order valence-electron chi connectivity index (χ3n) is 8.67. The van der Waals surface area contributed by atoms with Gasteiger partial charge in [-0.3, -0.25) is 14.8 Å². The van der Waals surface area contributed by atoms with Crippen molar-refractivity contribution in [2.75, 3.05) is 71.6 Å². The number of aliphatic imine (C=N–C) groups is 1. The van der Waals surface area contributed by atoms with Crippen LogP contribution in [0.3, 0.4) is 0 Å². The summed E-state index contributed by atoms with van der Waals surface area (Å²) in [5, 5.41) is 4.61. The highest BCUT2D eigenvalue weighted by atomic mass is 16.5. The molecule has 0 spiro atoms. The van der Waals surface area contributed by atoms with Gasteiger partial charge in [0, 0.05) is 99.8 Å². The van der Waals surface area contributed by atoms with E-state index in [9.17, 15) is 0 Å². The number of morpholine rings is 1. The first-order chi connectivity index (χ1) is 21.2. The van der Waals surface area contributed by atoms with E-state index in [1.807, 2.05) is 41.6 Å². The third kappa shape index (κ3) is 5.80. The first-order valence-corrected chi connectivity index (χ1v) is 15.0. The number of nitrogens with zero attached hydrogens (tertiary/aromatic N) is 8. The highest BCUT2D eigenvalue weighted by Crippen LogP contribution is 2.38. The molecule has 11 heteroatoms. The van der Waals surface area contributed by atoms with Crippen molar-refractivity contribution in [3.8, 4) is 22.8 Å². The highest BCUT2D eigenvalue weighted by molar-refractivity contribution is 5.96. The summed E-state index contributed by atoms with van der Waals surface area (Å²) in [5.41, 5.74) is 5.22.